The molecule has 0 bridgehead atoms. The second kappa shape index (κ2) is 3.88. The number of anilines is 1. The molecule has 0 amide bonds. The van der Waals surface area contributed by atoms with Crippen LogP contribution in [-0.2, 0) is 0 Å². The molecule has 2 heterocycles. The number of hydrogen-bond donors (Lipinski definition) is 1. The van der Waals surface area contributed by atoms with E-state index < -0.39 is 0 Å². The van der Waals surface area contributed by atoms with Crippen molar-refractivity contribution < 1.29 is 4.42 Å². The first kappa shape index (κ1) is 9.34. The predicted octanol–water partition coefficient (Wildman–Crippen LogP) is 2.07. The molecule has 0 aromatic carbocycles. The van der Waals surface area contributed by atoms with Gasteiger partial charge in [-0.05, 0) is 18.9 Å². The lowest BCUT2D eigenvalue weighted by molar-refractivity contribution is 0.491. The minimum Gasteiger partial charge on any atom is -0.444 e. The quantitative estimate of drug-likeness (QED) is 0.745. The second-order valence-electron chi connectivity index (χ2n) is 3.63. The maximum absolute atomic E-state index is 5.78. The van der Waals surface area contributed by atoms with Crippen LogP contribution in [0.5, 0.6) is 0 Å². The summed E-state index contributed by atoms with van der Waals surface area (Å²) in [4.78, 5) is 2.25. The zero-order valence-electron chi connectivity index (χ0n) is 8.28. The van der Waals surface area contributed by atoms with Gasteiger partial charge < -0.3 is 15.1 Å². The monoisotopic (exact) mass is 192 g/mol. The molecule has 1 aliphatic rings. The fraction of sp³-hybridized carbons (Fsp3) is 0.455. The molecule has 2 rings (SSSR count). The van der Waals surface area contributed by atoms with Gasteiger partial charge in [-0.1, -0.05) is 6.08 Å². The average Bonchev–Trinajstić information content (AvgIpc) is 2.86. The fourth-order valence-electron chi connectivity index (χ4n) is 1.74. The van der Waals surface area contributed by atoms with Gasteiger partial charge >= 0.3 is 0 Å². The molecule has 2 N–H and O–H groups in total. The van der Waals surface area contributed by atoms with Crippen molar-refractivity contribution in [2.75, 3.05) is 18.0 Å². The van der Waals surface area contributed by atoms with Crippen LogP contribution in [0.3, 0.4) is 0 Å². The van der Waals surface area contributed by atoms with Crippen molar-refractivity contribution in [1.29, 1.82) is 0 Å². The fourth-order valence-corrected chi connectivity index (χ4v) is 1.74. The summed E-state index contributed by atoms with van der Waals surface area (Å²) in [5.41, 5.74) is 5.78. The lowest BCUT2D eigenvalue weighted by Gasteiger charge is -2.13. The Morgan fingerprint density at radius 1 is 1.43 bits per heavy atom. The predicted molar refractivity (Wildman–Crippen MR) is 57.3 cm³/mol. The van der Waals surface area contributed by atoms with Crippen molar-refractivity contribution in [2.24, 2.45) is 5.73 Å². The zero-order chi connectivity index (χ0) is 9.97. The molecule has 0 unspecified atom stereocenters. The van der Waals surface area contributed by atoms with Crippen molar-refractivity contribution >= 4 is 5.88 Å². The summed E-state index contributed by atoms with van der Waals surface area (Å²) in [5.74, 6) is 1.73. The van der Waals surface area contributed by atoms with Gasteiger partial charge in [0.2, 0.25) is 0 Å². The first-order valence-corrected chi connectivity index (χ1v) is 5.04. The Balaban J connectivity index is 2.12. The van der Waals surface area contributed by atoms with Crippen LogP contribution in [0.2, 0.25) is 0 Å². The molecule has 1 saturated heterocycles. The number of nitrogens with zero attached hydrogens (tertiary/aromatic N) is 1. The first-order valence-electron chi connectivity index (χ1n) is 5.04. The molecule has 1 aromatic heterocycles. The van der Waals surface area contributed by atoms with Crippen molar-refractivity contribution in [3.8, 4) is 0 Å². The smallest absolute Gasteiger partial charge is 0.195 e. The lowest BCUT2D eigenvalue weighted by atomic mass is 10.2. The van der Waals surface area contributed by atoms with E-state index in [0.717, 1.165) is 24.7 Å². The highest BCUT2D eigenvalue weighted by atomic mass is 16.4. The minimum atomic E-state index is -0.189. The van der Waals surface area contributed by atoms with Crippen LogP contribution in [0, 0.1) is 0 Å². The van der Waals surface area contributed by atoms with E-state index in [9.17, 15) is 0 Å². The van der Waals surface area contributed by atoms with Crippen LogP contribution < -0.4 is 10.6 Å². The van der Waals surface area contributed by atoms with Crippen LogP contribution in [0.1, 0.15) is 24.6 Å². The molecule has 1 aliphatic heterocycles. The molecule has 1 atom stereocenters. The van der Waals surface area contributed by atoms with E-state index in [1.807, 2.05) is 12.1 Å². The van der Waals surface area contributed by atoms with Crippen molar-refractivity contribution in [2.45, 2.75) is 18.9 Å². The molecule has 76 valence electrons. The van der Waals surface area contributed by atoms with Gasteiger partial charge in [0.05, 0.1) is 6.04 Å². The molecule has 0 saturated carbocycles. The number of hydrogen-bond acceptors (Lipinski definition) is 3. The summed E-state index contributed by atoms with van der Waals surface area (Å²) >= 11 is 0. The van der Waals surface area contributed by atoms with Crippen molar-refractivity contribution in [1.82, 2.24) is 0 Å². The molecule has 1 fully saturated rings. The van der Waals surface area contributed by atoms with Crippen LogP contribution in [-0.4, -0.2) is 13.1 Å². The summed E-state index contributed by atoms with van der Waals surface area (Å²) in [5, 5.41) is 0. The normalized spacial score (nSPS) is 18.5. The summed E-state index contributed by atoms with van der Waals surface area (Å²) < 4.78 is 5.65. The highest BCUT2D eigenvalue weighted by Gasteiger charge is 2.16. The highest BCUT2D eigenvalue weighted by molar-refractivity contribution is 5.38. The topological polar surface area (TPSA) is 42.4 Å². The standard InChI is InChI=1S/C11H16N2O/c1-2-9(12)10-5-6-11(14-10)13-7-3-4-8-13/h2,5-6,9H,1,3-4,7-8,12H2/t9-/m1/s1. The molecule has 1 aromatic rings. The lowest BCUT2D eigenvalue weighted by Crippen LogP contribution is -2.16. The van der Waals surface area contributed by atoms with Crippen LogP contribution in [0.25, 0.3) is 0 Å². The summed E-state index contributed by atoms with van der Waals surface area (Å²) in [6.45, 7) is 5.83. The Labute approximate surface area is 84.2 Å². The minimum absolute atomic E-state index is 0.189. The Bertz CT molecular complexity index is 313. The second-order valence-corrected chi connectivity index (χ2v) is 3.63. The Hall–Kier alpha value is -1.22. The molecule has 14 heavy (non-hydrogen) atoms. The van der Waals surface area contributed by atoms with E-state index in [2.05, 4.69) is 11.5 Å². The molecular weight excluding hydrogens is 176 g/mol. The highest BCUT2D eigenvalue weighted by Crippen LogP contribution is 2.25. The Morgan fingerprint density at radius 2 is 2.14 bits per heavy atom. The van der Waals surface area contributed by atoms with Gasteiger partial charge in [0.1, 0.15) is 5.76 Å². The number of rotatable bonds is 3. The zero-order valence-corrected chi connectivity index (χ0v) is 8.28. The number of nitrogens with two attached hydrogens (primary N) is 1. The van der Waals surface area contributed by atoms with Gasteiger partial charge in [-0.3, -0.25) is 0 Å². The third-order valence-corrected chi connectivity index (χ3v) is 2.61. The van der Waals surface area contributed by atoms with E-state index in [1.54, 1.807) is 6.08 Å². The van der Waals surface area contributed by atoms with Gasteiger partial charge in [-0.25, -0.2) is 0 Å². The first-order chi connectivity index (χ1) is 6.81. The molecule has 3 heteroatoms. The van der Waals surface area contributed by atoms with E-state index in [4.69, 9.17) is 10.2 Å². The molecule has 0 radical (unpaired) electrons. The summed E-state index contributed by atoms with van der Waals surface area (Å²) in [6.07, 6.45) is 4.19. The number of furan rings is 1. The van der Waals surface area contributed by atoms with Gasteiger partial charge in [0.15, 0.2) is 5.88 Å². The van der Waals surface area contributed by atoms with E-state index >= 15 is 0 Å². The average molecular weight is 192 g/mol. The third-order valence-electron chi connectivity index (χ3n) is 2.61. The maximum atomic E-state index is 5.78. The molecular formula is C11H16N2O. The van der Waals surface area contributed by atoms with Crippen LogP contribution in [0.4, 0.5) is 5.88 Å². The molecule has 3 nitrogen and oxygen atoms in total. The summed E-state index contributed by atoms with van der Waals surface area (Å²) in [7, 11) is 0. The van der Waals surface area contributed by atoms with Crippen LogP contribution in [0.15, 0.2) is 29.2 Å². The van der Waals surface area contributed by atoms with Crippen molar-refractivity contribution in [3.63, 3.8) is 0 Å². The van der Waals surface area contributed by atoms with Gasteiger partial charge in [0, 0.05) is 19.2 Å². The van der Waals surface area contributed by atoms with Crippen LogP contribution >= 0.6 is 0 Å². The maximum Gasteiger partial charge on any atom is 0.195 e. The molecule has 0 aliphatic carbocycles. The Kier molecular flexibility index (Phi) is 2.59. The van der Waals surface area contributed by atoms with E-state index in [1.165, 1.54) is 12.8 Å². The van der Waals surface area contributed by atoms with E-state index in [-0.39, 0.29) is 6.04 Å². The third kappa shape index (κ3) is 1.68. The van der Waals surface area contributed by atoms with Gasteiger partial charge in [-0.15, -0.1) is 6.58 Å². The van der Waals surface area contributed by atoms with E-state index in [0.29, 0.717) is 0 Å². The molecule has 0 spiro atoms. The largest absolute Gasteiger partial charge is 0.444 e. The Morgan fingerprint density at radius 3 is 2.79 bits per heavy atom. The van der Waals surface area contributed by atoms with Crippen molar-refractivity contribution in [3.05, 3.63) is 30.5 Å². The van der Waals surface area contributed by atoms with Gasteiger partial charge in [0.25, 0.3) is 0 Å². The SMILES string of the molecule is C=C[C@@H](N)c1ccc(N2CCCC2)o1. The van der Waals surface area contributed by atoms with Gasteiger partial charge in [-0.2, -0.15) is 0 Å². The summed E-state index contributed by atoms with van der Waals surface area (Å²) in [6, 6.07) is 3.73.